The molecule has 2 unspecified atom stereocenters. The Bertz CT molecular complexity index is 242. The lowest BCUT2D eigenvalue weighted by Gasteiger charge is -2.34. The van der Waals surface area contributed by atoms with E-state index in [1.165, 1.54) is 0 Å². The highest BCUT2D eigenvalue weighted by Crippen LogP contribution is 2.50. The number of rotatable bonds is 1. The van der Waals surface area contributed by atoms with Gasteiger partial charge in [0.1, 0.15) is 6.17 Å². The number of fused-ring (bicyclic) bond motifs is 1. The molecule has 0 aromatic carbocycles. The van der Waals surface area contributed by atoms with Crippen LogP contribution in [0.2, 0.25) is 0 Å². The SMILES string of the molecule is CC(C)C12CC(F)CN1CC(F)(F)C2. The standard InChI is InChI=1S/C10H16F3N/c1-7(2)9-3-8(11)4-14(9)6-10(12,13)5-9/h7-8H,3-6H2,1-2H3. The van der Waals surface area contributed by atoms with E-state index in [0.29, 0.717) is 0 Å². The molecule has 2 rings (SSSR count). The van der Waals surface area contributed by atoms with E-state index in [4.69, 9.17) is 0 Å². The van der Waals surface area contributed by atoms with Crippen LogP contribution in [0.1, 0.15) is 26.7 Å². The third-order valence-corrected chi connectivity index (χ3v) is 3.68. The molecule has 2 heterocycles. The van der Waals surface area contributed by atoms with Crippen molar-refractivity contribution in [2.75, 3.05) is 13.1 Å². The molecule has 1 nitrogen and oxygen atoms in total. The van der Waals surface area contributed by atoms with Gasteiger partial charge in [-0.1, -0.05) is 13.8 Å². The van der Waals surface area contributed by atoms with Gasteiger partial charge in [0.2, 0.25) is 0 Å². The molecule has 0 saturated carbocycles. The van der Waals surface area contributed by atoms with Crippen molar-refractivity contribution >= 4 is 0 Å². The lowest BCUT2D eigenvalue weighted by molar-refractivity contribution is 0.00585. The Hall–Kier alpha value is -0.250. The summed E-state index contributed by atoms with van der Waals surface area (Å²) >= 11 is 0. The van der Waals surface area contributed by atoms with Gasteiger partial charge in [-0.3, -0.25) is 4.90 Å². The first kappa shape index (κ1) is 10.3. The molecule has 0 bridgehead atoms. The number of nitrogens with zero attached hydrogens (tertiary/aromatic N) is 1. The second kappa shape index (κ2) is 2.87. The monoisotopic (exact) mass is 207 g/mol. The van der Waals surface area contributed by atoms with E-state index in [2.05, 4.69) is 0 Å². The smallest absolute Gasteiger partial charge is 0.262 e. The predicted molar refractivity (Wildman–Crippen MR) is 48.2 cm³/mol. The van der Waals surface area contributed by atoms with E-state index in [-0.39, 0.29) is 31.8 Å². The molecule has 0 N–H and O–H groups in total. The fraction of sp³-hybridized carbons (Fsp3) is 1.00. The maximum Gasteiger partial charge on any atom is 0.262 e. The highest BCUT2D eigenvalue weighted by molar-refractivity contribution is 5.10. The third kappa shape index (κ3) is 1.35. The van der Waals surface area contributed by atoms with Gasteiger partial charge in [0.25, 0.3) is 5.92 Å². The Morgan fingerprint density at radius 2 is 2.00 bits per heavy atom. The molecule has 14 heavy (non-hydrogen) atoms. The first-order valence-electron chi connectivity index (χ1n) is 5.13. The summed E-state index contributed by atoms with van der Waals surface area (Å²) in [4.78, 5) is 1.66. The second-order valence-corrected chi connectivity index (χ2v) is 4.97. The van der Waals surface area contributed by atoms with Crippen LogP contribution in [0.25, 0.3) is 0 Å². The van der Waals surface area contributed by atoms with Crippen LogP contribution in [0.4, 0.5) is 13.2 Å². The third-order valence-electron chi connectivity index (χ3n) is 3.68. The van der Waals surface area contributed by atoms with Crippen LogP contribution >= 0.6 is 0 Å². The van der Waals surface area contributed by atoms with Crippen molar-refractivity contribution in [1.82, 2.24) is 4.90 Å². The molecule has 2 saturated heterocycles. The quantitative estimate of drug-likeness (QED) is 0.638. The summed E-state index contributed by atoms with van der Waals surface area (Å²) in [6.07, 6.45) is -0.813. The number of hydrogen-bond donors (Lipinski definition) is 0. The lowest BCUT2D eigenvalue weighted by Crippen LogP contribution is -2.42. The normalized spacial score (nSPS) is 42.0. The molecule has 2 aliphatic heterocycles. The van der Waals surface area contributed by atoms with Gasteiger partial charge in [-0.05, 0) is 12.3 Å². The summed E-state index contributed by atoms with van der Waals surface area (Å²) in [5.74, 6) is -2.53. The van der Waals surface area contributed by atoms with E-state index in [9.17, 15) is 13.2 Å². The summed E-state index contributed by atoms with van der Waals surface area (Å²) in [5.41, 5.74) is -0.580. The molecule has 4 heteroatoms. The van der Waals surface area contributed by atoms with Crippen molar-refractivity contribution in [3.05, 3.63) is 0 Å². The predicted octanol–water partition coefficient (Wildman–Crippen LogP) is 2.46. The van der Waals surface area contributed by atoms with Crippen molar-refractivity contribution in [2.24, 2.45) is 5.92 Å². The number of hydrogen-bond acceptors (Lipinski definition) is 1. The largest absolute Gasteiger partial charge is 0.288 e. The van der Waals surface area contributed by atoms with Crippen molar-refractivity contribution in [3.63, 3.8) is 0 Å². The van der Waals surface area contributed by atoms with Crippen LogP contribution in [0, 0.1) is 5.92 Å². The molecule has 0 amide bonds. The molecule has 2 fully saturated rings. The summed E-state index contributed by atoms with van der Waals surface area (Å²) in [6.45, 7) is 3.75. The molecule has 0 aromatic heterocycles. The highest BCUT2D eigenvalue weighted by atomic mass is 19.3. The molecular formula is C10H16F3N. The second-order valence-electron chi connectivity index (χ2n) is 4.97. The molecule has 2 atom stereocenters. The van der Waals surface area contributed by atoms with Gasteiger partial charge in [-0.2, -0.15) is 0 Å². The summed E-state index contributed by atoms with van der Waals surface area (Å²) in [7, 11) is 0. The average molecular weight is 207 g/mol. The Labute approximate surface area is 82.3 Å². The number of halogens is 3. The summed E-state index contributed by atoms with van der Waals surface area (Å²) < 4.78 is 39.7. The maximum atomic E-state index is 13.2. The molecular weight excluding hydrogens is 191 g/mol. The van der Waals surface area contributed by atoms with Gasteiger partial charge < -0.3 is 0 Å². The first-order valence-corrected chi connectivity index (χ1v) is 5.13. The number of alkyl halides is 3. The van der Waals surface area contributed by atoms with Gasteiger partial charge in [0.15, 0.2) is 0 Å². The van der Waals surface area contributed by atoms with E-state index in [0.717, 1.165) is 0 Å². The van der Waals surface area contributed by atoms with Gasteiger partial charge in [0.05, 0.1) is 6.54 Å². The van der Waals surface area contributed by atoms with Gasteiger partial charge in [0, 0.05) is 18.5 Å². The van der Waals surface area contributed by atoms with E-state index >= 15 is 0 Å². The van der Waals surface area contributed by atoms with Crippen LogP contribution in [0.3, 0.4) is 0 Å². The summed E-state index contributed by atoms with van der Waals surface area (Å²) in [6, 6.07) is 0. The molecule has 0 spiro atoms. The van der Waals surface area contributed by atoms with Crippen LogP contribution in [-0.4, -0.2) is 35.6 Å². The topological polar surface area (TPSA) is 3.24 Å². The Kier molecular flexibility index (Phi) is 2.11. The first-order chi connectivity index (χ1) is 6.36. The van der Waals surface area contributed by atoms with Crippen LogP contribution in [-0.2, 0) is 0 Å². The fourth-order valence-electron chi connectivity index (χ4n) is 2.99. The van der Waals surface area contributed by atoms with E-state index in [1.54, 1.807) is 4.90 Å². The van der Waals surface area contributed by atoms with Gasteiger partial charge >= 0.3 is 0 Å². The molecule has 0 aliphatic carbocycles. The average Bonchev–Trinajstić information content (AvgIpc) is 2.36. The van der Waals surface area contributed by atoms with Crippen molar-refractivity contribution < 1.29 is 13.2 Å². The Morgan fingerprint density at radius 3 is 2.50 bits per heavy atom. The van der Waals surface area contributed by atoms with Crippen LogP contribution < -0.4 is 0 Å². The van der Waals surface area contributed by atoms with Gasteiger partial charge in [-0.15, -0.1) is 0 Å². The lowest BCUT2D eigenvalue weighted by atomic mass is 9.82. The fourth-order valence-corrected chi connectivity index (χ4v) is 2.99. The molecule has 0 radical (unpaired) electrons. The van der Waals surface area contributed by atoms with Crippen molar-refractivity contribution in [1.29, 1.82) is 0 Å². The summed E-state index contributed by atoms with van der Waals surface area (Å²) in [5, 5.41) is 0. The van der Waals surface area contributed by atoms with Crippen molar-refractivity contribution in [2.45, 2.75) is 44.3 Å². The zero-order valence-electron chi connectivity index (χ0n) is 8.56. The van der Waals surface area contributed by atoms with Crippen LogP contribution in [0.5, 0.6) is 0 Å². The van der Waals surface area contributed by atoms with E-state index in [1.807, 2.05) is 13.8 Å². The minimum Gasteiger partial charge on any atom is -0.288 e. The zero-order valence-corrected chi connectivity index (χ0v) is 8.56. The molecule has 82 valence electrons. The van der Waals surface area contributed by atoms with Gasteiger partial charge in [-0.25, -0.2) is 13.2 Å². The maximum absolute atomic E-state index is 13.2. The van der Waals surface area contributed by atoms with Crippen LogP contribution in [0.15, 0.2) is 0 Å². The Balaban J connectivity index is 2.26. The Morgan fingerprint density at radius 1 is 1.36 bits per heavy atom. The van der Waals surface area contributed by atoms with Crippen molar-refractivity contribution in [3.8, 4) is 0 Å². The molecule has 0 aromatic rings. The van der Waals surface area contributed by atoms with E-state index < -0.39 is 17.6 Å². The minimum absolute atomic E-state index is 0.0941. The highest BCUT2D eigenvalue weighted by Gasteiger charge is 2.60. The molecule has 2 aliphatic rings. The zero-order chi connectivity index (χ0) is 10.6. The minimum atomic E-state index is -2.62.